The Kier molecular flexibility index (Phi) is 5.85. The van der Waals surface area contributed by atoms with Crippen molar-refractivity contribution >= 4 is 39.8 Å². The molecule has 1 amide bonds. The first-order chi connectivity index (χ1) is 12.6. The number of methoxy groups -OCH3 is 1. The van der Waals surface area contributed by atoms with Gasteiger partial charge in [0.05, 0.1) is 18.6 Å². The number of nitrogens with zero attached hydrogens (tertiary/aromatic N) is 4. The van der Waals surface area contributed by atoms with E-state index in [1.807, 2.05) is 49.6 Å². The van der Waals surface area contributed by atoms with Crippen molar-refractivity contribution in [2.24, 2.45) is 0 Å². The minimum Gasteiger partial charge on any atom is -0.497 e. The number of rotatable bonds is 6. The summed E-state index contributed by atoms with van der Waals surface area (Å²) in [5, 5.41) is 3.08. The lowest BCUT2D eigenvalue weighted by molar-refractivity contribution is -0.115. The average molecular weight is 387 g/mol. The number of carbonyl (C=O) groups excluding carboxylic acids is 1. The number of thiazole rings is 1. The summed E-state index contributed by atoms with van der Waals surface area (Å²) in [6, 6.07) is 9.24. The second kappa shape index (κ2) is 8.29. The molecule has 0 fully saturated rings. The smallest absolute Gasteiger partial charge is 0.243 e. The predicted octanol–water partition coefficient (Wildman–Crippen LogP) is 4.02. The van der Waals surface area contributed by atoms with E-state index >= 15 is 0 Å². The second-order valence-electron chi connectivity index (χ2n) is 5.46. The van der Waals surface area contributed by atoms with E-state index in [1.165, 1.54) is 23.1 Å². The fraction of sp³-hybridized carbons (Fsp3) is 0.222. The summed E-state index contributed by atoms with van der Waals surface area (Å²) in [4.78, 5) is 27.6. The van der Waals surface area contributed by atoms with Crippen LogP contribution in [-0.4, -0.2) is 33.7 Å². The highest BCUT2D eigenvalue weighted by Gasteiger charge is 2.21. The average Bonchev–Trinajstić information content (AvgIpc) is 3.14. The predicted molar refractivity (Wildman–Crippen MR) is 104 cm³/mol. The number of amides is 1. The quantitative estimate of drug-likeness (QED) is 0.471. The van der Waals surface area contributed by atoms with Gasteiger partial charge in [-0.25, -0.2) is 15.0 Å². The van der Waals surface area contributed by atoms with Crippen molar-refractivity contribution in [3.8, 4) is 5.75 Å². The topological polar surface area (TPSA) is 68.2 Å². The fourth-order valence-corrected chi connectivity index (χ4v) is 3.84. The number of hydrogen-bond acceptors (Lipinski definition) is 7. The molecule has 0 saturated carbocycles. The van der Waals surface area contributed by atoms with Gasteiger partial charge >= 0.3 is 0 Å². The Labute approximate surface area is 160 Å². The maximum atomic E-state index is 12.9. The van der Waals surface area contributed by atoms with Gasteiger partial charge in [0.25, 0.3) is 0 Å². The lowest BCUT2D eigenvalue weighted by Gasteiger charge is -2.20. The molecule has 0 aliphatic heterocycles. The molecule has 0 atom stereocenters. The van der Waals surface area contributed by atoms with Crippen LogP contribution in [0.5, 0.6) is 5.75 Å². The molecule has 0 unspecified atom stereocenters. The molecule has 134 valence electrons. The van der Waals surface area contributed by atoms with Gasteiger partial charge in [-0.05, 0) is 44.2 Å². The molecule has 0 spiro atoms. The zero-order valence-electron chi connectivity index (χ0n) is 14.7. The van der Waals surface area contributed by atoms with Gasteiger partial charge in [0.2, 0.25) is 5.91 Å². The van der Waals surface area contributed by atoms with Gasteiger partial charge in [0, 0.05) is 23.0 Å². The number of aryl methyl sites for hydroxylation is 2. The molecule has 26 heavy (non-hydrogen) atoms. The zero-order valence-corrected chi connectivity index (χ0v) is 16.3. The second-order valence-corrected chi connectivity index (χ2v) is 7.28. The SMILES string of the molecule is COc1ccc(N(C(=O)CSc2nc(C)cc(C)n2)c2nccs2)cc1. The number of anilines is 2. The molecule has 2 heterocycles. The van der Waals surface area contributed by atoms with Gasteiger partial charge < -0.3 is 4.74 Å². The van der Waals surface area contributed by atoms with E-state index in [9.17, 15) is 4.79 Å². The van der Waals surface area contributed by atoms with Gasteiger partial charge in [-0.1, -0.05) is 11.8 Å². The van der Waals surface area contributed by atoms with Crippen molar-refractivity contribution in [1.82, 2.24) is 15.0 Å². The zero-order chi connectivity index (χ0) is 18.5. The third-order valence-corrected chi connectivity index (χ3v) is 5.07. The summed E-state index contributed by atoms with van der Waals surface area (Å²) < 4.78 is 5.19. The molecule has 1 aromatic carbocycles. The van der Waals surface area contributed by atoms with Crippen molar-refractivity contribution in [1.29, 1.82) is 0 Å². The Bertz CT molecular complexity index is 862. The Balaban J connectivity index is 1.81. The molecule has 0 saturated heterocycles. The van der Waals surface area contributed by atoms with E-state index < -0.39 is 0 Å². The van der Waals surface area contributed by atoms with E-state index in [0.717, 1.165) is 22.8 Å². The summed E-state index contributed by atoms with van der Waals surface area (Å²) in [5.41, 5.74) is 2.52. The standard InChI is InChI=1S/C18H18N4O2S2/c1-12-10-13(2)21-17(20-12)26-11-16(23)22(18-19-8-9-25-18)14-4-6-15(24-3)7-5-14/h4-10H,11H2,1-3H3. The molecule has 8 heteroatoms. The molecular formula is C18H18N4O2S2. The molecule has 3 rings (SSSR count). The van der Waals surface area contributed by atoms with E-state index in [2.05, 4.69) is 15.0 Å². The number of ether oxygens (including phenoxy) is 1. The summed E-state index contributed by atoms with van der Waals surface area (Å²) in [6.07, 6.45) is 1.68. The van der Waals surface area contributed by atoms with Crippen molar-refractivity contribution in [3.63, 3.8) is 0 Å². The molecule has 0 bridgehead atoms. The number of carbonyl (C=O) groups is 1. The third-order valence-electron chi connectivity index (χ3n) is 3.48. The lowest BCUT2D eigenvalue weighted by atomic mass is 10.3. The van der Waals surface area contributed by atoms with Gasteiger partial charge in [-0.3, -0.25) is 9.69 Å². The maximum Gasteiger partial charge on any atom is 0.243 e. The Morgan fingerprint density at radius 3 is 2.46 bits per heavy atom. The van der Waals surface area contributed by atoms with Crippen LogP contribution in [-0.2, 0) is 4.79 Å². The number of hydrogen-bond donors (Lipinski definition) is 0. The normalized spacial score (nSPS) is 10.6. The molecule has 0 N–H and O–H groups in total. The summed E-state index contributed by atoms with van der Waals surface area (Å²) in [6.45, 7) is 3.83. The first kappa shape index (κ1) is 18.3. The summed E-state index contributed by atoms with van der Waals surface area (Å²) in [5.74, 6) is 0.866. The molecular weight excluding hydrogens is 368 g/mol. The molecule has 6 nitrogen and oxygen atoms in total. The first-order valence-corrected chi connectivity index (χ1v) is 9.75. The Hall–Kier alpha value is -2.45. The van der Waals surface area contributed by atoms with Crippen LogP contribution in [0.3, 0.4) is 0 Å². The van der Waals surface area contributed by atoms with Gasteiger partial charge in [-0.2, -0.15) is 0 Å². The van der Waals surface area contributed by atoms with Crippen LogP contribution in [0.15, 0.2) is 47.1 Å². The third kappa shape index (κ3) is 4.39. The molecule has 0 aliphatic rings. The lowest BCUT2D eigenvalue weighted by Crippen LogP contribution is -2.27. The van der Waals surface area contributed by atoms with E-state index in [-0.39, 0.29) is 11.7 Å². The summed E-state index contributed by atoms with van der Waals surface area (Å²) in [7, 11) is 1.61. The monoisotopic (exact) mass is 386 g/mol. The minimum absolute atomic E-state index is 0.0853. The van der Waals surface area contributed by atoms with Crippen LogP contribution in [0.25, 0.3) is 0 Å². The van der Waals surface area contributed by atoms with Gasteiger partial charge in [-0.15, -0.1) is 11.3 Å². The number of thioether (sulfide) groups is 1. The van der Waals surface area contributed by atoms with Crippen molar-refractivity contribution in [2.75, 3.05) is 17.8 Å². The molecule has 2 aromatic heterocycles. The van der Waals surface area contributed by atoms with Crippen LogP contribution in [0.1, 0.15) is 11.4 Å². The van der Waals surface area contributed by atoms with Crippen molar-refractivity contribution in [3.05, 3.63) is 53.3 Å². The molecule has 3 aromatic rings. The molecule has 0 aliphatic carbocycles. The highest BCUT2D eigenvalue weighted by molar-refractivity contribution is 7.99. The summed E-state index contributed by atoms with van der Waals surface area (Å²) >= 11 is 2.74. The first-order valence-electron chi connectivity index (χ1n) is 7.88. The number of benzene rings is 1. The Morgan fingerprint density at radius 1 is 1.19 bits per heavy atom. The van der Waals surface area contributed by atoms with Gasteiger partial charge in [0.1, 0.15) is 5.75 Å². The van der Waals surface area contributed by atoms with Crippen molar-refractivity contribution < 1.29 is 9.53 Å². The van der Waals surface area contributed by atoms with Gasteiger partial charge in [0.15, 0.2) is 10.3 Å². The highest BCUT2D eigenvalue weighted by atomic mass is 32.2. The van der Waals surface area contributed by atoms with Crippen LogP contribution in [0, 0.1) is 13.8 Å². The largest absolute Gasteiger partial charge is 0.497 e. The van der Waals surface area contributed by atoms with Crippen LogP contribution >= 0.6 is 23.1 Å². The van der Waals surface area contributed by atoms with Crippen LogP contribution in [0.4, 0.5) is 10.8 Å². The maximum absolute atomic E-state index is 12.9. The van der Waals surface area contributed by atoms with E-state index in [0.29, 0.717) is 10.3 Å². The van der Waals surface area contributed by atoms with Crippen LogP contribution in [0.2, 0.25) is 0 Å². The van der Waals surface area contributed by atoms with Crippen molar-refractivity contribution in [2.45, 2.75) is 19.0 Å². The Morgan fingerprint density at radius 2 is 1.88 bits per heavy atom. The molecule has 0 radical (unpaired) electrons. The fourth-order valence-electron chi connectivity index (χ4n) is 2.37. The van der Waals surface area contributed by atoms with E-state index in [4.69, 9.17) is 4.74 Å². The highest BCUT2D eigenvalue weighted by Crippen LogP contribution is 2.30. The van der Waals surface area contributed by atoms with E-state index in [1.54, 1.807) is 18.2 Å². The van der Waals surface area contributed by atoms with Crippen LogP contribution < -0.4 is 9.64 Å². The number of aromatic nitrogens is 3. The minimum atomic E-state index is -0.0853.